The second-order valence-corrected chi connectivity index (χ2v) is 24.6. The molecule has 0 saturated heterocycles. The second-order valence-electron chi connectivity index (χ2n) is 16.1. The first-order valence-corrected chi connectivity index (χ1v) is 30.3. The first kappa shape index (κ1) is 79.4. The van der Waals surface area contributed by atoms with Gasteiger partial charge in [0.25, 0.3) is 60.7 Å². The smallest absolute Gasteiger partial charge is 0.295 e. The third-order valence-corrected chi connectivity index (χ3v) is 15.5. The van der Waals surface area contributed by atoms with Gasteiger partial charge in [0.05, 0.1) is 53.7 Å². The summed E-state index contributed by atoms with van der Waals surface area (Å²) in [5, 5.41) is 0. The summed E-state index contributed by atoms with van der Waals surface area (Å²) in [5.41, 5.74) is -2.42. The summed E-state index contributed by atoms with van der Waals surface area (Å²) in [5.74, 6) is 0. The molecular weight excluding hydrogens is 1310 g/mol. The number of H-pyrrole nitrogens is 6. The van der Waals surface area contributed by atoms with E-state index in [1.54, 1.807) is 0 Å². The summed E-state index contributed by atoms with van der Waals surface area (Å²) >= 11 is 0. The van der Waals surface area contributed by atoms with E-state index < -0.39 is 90.1 Å². The van der Waals surface area contributed by atoms with Crippen LogP contribution in [-0.4, -0.2) is 285 Å². The molecule has 0 amide bonds. The summed E-state index contributed by atoms with van der Waals surface area (Å²) in [6.45, 7) is 0. The Bertz CT molecular complexity index is 4540. The van der Waals surface area contributed by atoms with Crippen molar-refractivity contribution in [2.75, 3.05) is 0 Å². The van der Waals surface area contributed by atoms with E-state index in [1.807, 2.05) is 0 Å². The van der Waals surface area contributed by atoms with E-state index in [9.17, 15) is 77.8 Å². The van der Waals surface area contributed by atoms with Crippen LogP contribution >= 0.6 is 0 Å². The van der Waals surface area contributed by atoms with Gasteiger partial charge in [0, 0.05) is 177 Å². The number of aromatic amines is 6. The third kappa shape index (κ3) is 22.6. The molecule has 0 saturated carbocycles. The van der Waals surface area contributed by atoms with Gasteiger partial charge in [-0.1, -0.05) is 48.6 Å². The van der Waals surface area contributed by atoms with Gasteiger partial charge < -0.3 is 0 Å². The molecule has 0 unspecified atom stereocenters. The Labute approximate surface area is 620 Å². The Hall–Kier alpha value is -2.66. The van der Waals surface area contributed by atoms with Gasteiger partial charge in [0.1, 0.15) is 9.79 Å². The second kappa shape index (κ2) is 32.6. The Kier molecular flexibility index (Phi) is 30.1. The Morgan fingerprint density at radius 2 is 0.465 bits per heavy atom. The van der Waals surface area contributed by atoms with Crippen molar-refractivity contribution in [3.05, 3.63) is 178 Å². The maximum Gasteiger partial charge on any atom is 0.295 e. The van der Waals surface area contributed by atoms with Crippen LogP contribution in [0.3, 0.4) is 0 Å². The van der Waals surface area contributed by atoms with Crippen molar-refractivity contribution < 1.29 is 77.8 Å². The summed E-state index contributed by atoms with van der Waals surface area (Å²) in [4.78, 5) is 38.5. The molecule has 42 heteroatoms. The molecule has 0 spiro atoms. The zero-order chi connectivity index (χ0) is 58.0. The SMILES string of the molecule is O=S(=O)(O)c1cccc(N=c2[nH]c(=Nc3cccc(S(=O)(=O)O)c3)[nH]c(=Nc3ccc(C=Cc4ccc(N=c5[nH]c(=Nc6cccc(S(=O)(=O)O)c6)[nH]c(=Nc6cccc(S(=O)(=O)O)c6)[nH]5)cc4S(=O)(=O)O)c(S(=O)(=O)O)c3)[nH]2)c1.[Na].[Na].[Na].[Na].[Na].[Na]. The van der Waals surface area contributed by atoms with Crippen LogP contribution in [0.4, 0.5) is 34.1 Å². The van der Waals surface area contributed by atoms with Crippen LogP contribution in [0.2, 0.25) is 0 Å². The number of rotatable bonds is 14. The fraction of sp³-hybridized carbons (Fsp3) is 0. The van der Waals surface area contributed by atoms with Gasteiger partial charge in [-0.2, -0.15) is 50.5 Å². The zero-order valence-corrected chi connectivity index (χ0v) is 62.5. The van der Waals surface area contributed by atoms with Gasteiger partial charge in [0.2, 0.25) is 33.7 Å². The molecule has 6 aromatic carbocycles. The van der Waals surface area contributed by atoms with Gasteiger partial charge >= 0.3 is 0 Å². The van der Waals surface area contributed by atoms with Gasteiger partial charge in [-0.05, 0) is 108 Å². The van der Waals surface area contributed by atoms with Gasteiger partial charge in [-0.3, -0.25) is 57.2 Å². The van der Waals surface area contributed by atoms with Crippen LogP contribution in [0.1, 0.15) is 11.1 Å². The van der Waals surface area contributed by atoms with E-state index >= 15 is 0 Å². The molecule has 0 aliphatic rings. The predicted molar refractivity (Wildman–Crippen MR) is 311 cm³/mol. The van der Waals surface area contributed by atoms with Crippen LogP contribution in [-0.2, 0) is 60.7 Å². The van der Waals surface area contributed by atoms with Gasteiger partial charge in [-0.25, -0.2) is 30.0 Å². The molecule has 6 radical (unpaired) electrons. The molecule has 2 heterocycles. The molecule has 12 N–H and O–H groups in total. The molecule has 30 nitrogen and oxygen atoms in total. The average molecular weight is 1350 g/mol. The molecule has 0 atom stereocenters. The van der Waals surface area contributed by atoms with E-state index in [-0.39, 0.29) is 256 Å². The summed E-state index contributed by atoms with van der Waals surface area (Å²) in [6.07, 6.45) is 2.14. The third-order valence-electron chi connectivity index (χ3n) is 10.3. The van der Waals surface area contributed by atoms with E-state index in [0.29, 0.717) is 0 Å². The molecule has 0 fully saturated rings. The monoisotopic (exact) mass is 1350 g/mol. The van der Waals surface area contributed by atoms with Crippen molar-refractivity contribution in [3.63, 3.8) is 0 Å². The number of nitrogens with zero attached hydrogens (tertiary/aromatic N) is 6. The minimum Gasteiger partial charge on any atom is -0.296 e. The maximum absolute atomic E-state index is 12.9. The molecular formula is C44H36N12Na6O18S6. The first-order valence-electron chi connectivity index (χ1n) is 21.7. The summed E-state index contributed by atoms with van der Waals surface area (Å²) in [7, 11) is -28.9. The fourth-order valence-electron chi connectivity index (χ4n) is 6.91. The van der Waals surface area contributed by atoms with Crippen molar-refractivity contribution in [1.82, 2.24) is 29.9 Å². The van der Waals surface area contributed by atoms with Crippen molar-refractivity contribution in [2.45, 2.75) is 29.4 Å². The molecule has 86 heavy (non-hydrogen) atoms. The minimum absolute atomic E-state index is 0. The van der Waals surface area contributed by atoms with E-state index in [2.05, 4.69) is 59.9 Å². The molecule has 0 aliphatic carbocycles. The summed E-state index contributed by atoms with van der Waals surface area (Å²) in [6, 6.07) is 25.6. The van der Waals surface area contributed by atoms with Crippen LogP contribution in [0.15, 0.2) is 193 Å². The number of aromatic nitrogens is 6. The number of hydrogen-bond acceptors (Lipinski definition) is 18. The largest absolute Gasteiger partial charge is 0.296 e. The maximum atomic E-state index is 12.9. The summed E-state index contributed by atoms with van der Waals surface area (Å²) < 4.78 is 205. The first-order chi connectivity index (χ1) is 37.3. The van der Waals surface area contributed by atoms with Crippen molar-refractivity contribution in [3.8, 4) is 0 Å². The Morgan fingerprint density at radius 3 is 0.651 bits per heavy atom. The van der Waals surface area contributed by atoms with Crippen molar-refractivity contribution in [1.29, 1.82) is 0 Å². The Balaban J connectivity index is 0.00000420. The zero-order valence-electron chi connectivity index (χ0n) is 45.6. The molecule has 422 valence electrons. The average Bonchev–Trinajstić information content (AvgIpc) is 2.57. The van der Waals surface area contributed by atoms with Crippen LogP contribution < -0.4 is 33.7 Å². The van der Waals surface area contributed by atoms with Gasteiger partial charge in [0.15, 0.2) is 0 Å². The number of nitrogens with one attached hydrogen (secondary N) is 6. The number of benzene rings is 6. The fourth-order valence-corrected chi connectivity index (χ4v) is 10.4. The van der Waals surface area contributed by atoms with Crippen LogP contribution in [0.25, 0.3) is 12.2 Å². The van der Waals surface area contributed by atoms with Crippen LogP contribution in [0.5, 0.6) is 0 Å². The molecule has 8 rings (SSSR count). The quantitative estimate of drug-likeness (QED) is 0.0399. The normalized spacial score (nSPS) is 12.8. The molecule has 2 aromatic heterocycles. The number of hydrogen-bond donors (Lipinski definition) is 12. The van der Waals surface area contributed by atoms with Crippen molar-refractivity contribution in [2.24, 2.45) is 30.0 Å². The topological polar surface area (TPSA) is 495 Å². The van der Waals surface area contributed by atoms with E-state index in [1.165, 1.54) is 60.7 Å². The Morgan fingerprint density at radius 1 is 0.267 bits per heavy atom. The molecule has 0 bridgehead atoms. The standard InChI is InChI=1S/C44H36N12O18S6.6Na/c57-75(58,59)33-9-1-5-27(19-33)45-39-51-40(46-28-6-2-10-34(20-28)76(60,61)62)54-43(53-39)49-31-17-15-25(37(23-31)79(69,70)71)13-14-26-16-18-32(24-38(26)80(72,73)74)50-44-55-41(47-29-7-3-11-35(21-29)77(63,64)65)52-42(56-44)48-30-8-4-12-36(22-30)78(66,67)68;;;;;;/h1-24H,(H,57,58,59)(H,60,61,62)(H,63,64,65)(H,66,67,68)(H,69,70,71)(H,72,73,74)(H3,45,46,49,51,53,54)(H3,47,48,50,52,55,56);;;;;;. The molecule has 0 aliphatic heterocycles. The minimum atomic E-state index is -5.12. The van der Waals surface area contributed by atoms with E-state index in [4.69, 9.17) is 0 Å². The van der Waals surface area contributed by atoms with E-state index in [0.717, 1.165) is 84.9 Å². The molecule has 8 aromatic rings. The predicted octanol–water partition coefficient (Wildman–Crippen LogP) is 0.415. The van der Waals surface area contributed by atoms with Crippen molar-refractivity contribution >= 4 is 284 Å². The van der Waals surface area contributed by atoms with Crippen LogP contribution in [0, 0.1) is 0 Å². The van der Waals surface area contributed by atoms with Gasteiger partial charge in [-0.15, -0.1) is 0 Å².